The summed E-state index contributed by atoms with van der Waals surface area (Å²) in [5, 5.41) is 2.44. The molecule has 0 saturated heterocycles. The highest BCUT2D eigenvalue weighted by molar-refractivity contribution is 5.89. The average Bonchev–Trinajstić information content (AvgIpc) is 2.42. The van der Waals surface area contributed by atoms with E-state index in [1.807, 2.05) is 13.8 Å². The number of amides is 3. The van der Waals surface area contributed by atoms with E-state index in [0.717, 1.165) is 0 Å². The summed E-state index contributed by atoms with van der Waals surface area (Å²) in [4.78, 5) is 36.4. The van der Waals surface area contributed by atoms with Crippen LogP contribution >= 0.6 is 0 Å². The maximum Gasteiger partial charge on any atom is 0.325 e. The molecule has 7 nitrogen and oxygen atoms in total. The van der Waals surface area contributed by atoms with Gasteiger partial charge in [0.1, 0.15) is 12.6 Å². The third-order valence-electron chi connectivity index (χ3n) is 3.06. The smallest absolute Gasteiger partial charge is 0.325 e. The summed E-state index contributed by atoms with van der Waals surface area (Å²) >= 11 is 0. The third-order valence-corrected chi connectivity index (χ3v) is 3.06. The van der Waals surface area contributed by atoms with Crippen LogP contribution in [-0.2, 0) is 14.3 Å². The molecule has 0 spiro atoms. The molecule has 120 valence electrons. The lowest BCUT2D eigenvalue weighted by Crippen LogP contribution is -2.54. The lowest BCUT2D eigenvalue weighted by Gasteiger charge is -2.29. The van der Waals surface area contributed by atoms with Crippen molar-refractivity contribution in [3.8, 4) is 0 Å². The van der Waals surface area contributed by atoms with Crippen LogP contribution in [0.25, 0.3) is 0 Å². The van der Waals surface area contributed by atoms with Gasteiger partial charge in [0.15, 0.2) is 0 Å². The van der Waals surface area contributed by atoms with Gasteiger partial charge in [0, 0.05) is 6.54 Å². The Kier molecular flexibility index (Phi) is 8.84. The fraction of sp³-hybridized carbons (Fsp3) is 0.643. The second-order valence-electron chi connectivity index (χ2n) is 4.68. The molecule has 3 N–H and O–H groups in total. The Morgan fingerprint density at radius 1 is 1.38 bits per heavy atom. The van der Waals surface area contributed by atoms with Crippen LogP contribution in [0.4, 0.5) is 4.79 Å². The number of carbonyl (C=O) groups is 3. The van der Waals surface area contributed by atoms with E-state index < -0.39 is 18.0 Å². The number of primary amides is 1. The van der Waals surface area contributed by atoms with Crippen molar-refractivity contribution in [3.63, 3.8) is 0 Å². The number of nitrogens with zero attached hydrogens (tertiary/aromatic N) is 1. The quantitative estimate of drug-likeness (QED) is 0.482. The van der Waals surface area contributed by atoms with Crippen molar-refractivity contribution in [1.82, 2.24) is 10.2 Å². The maximum absolute atomic E-state index is 12.5. The van der Waals surface area contributed by atoms with Crippen molar-refractivity contribution in [1.29, 1.82) is 0 Å². The van der Waals surface area contributed by atoms with Gasteiger partial charge in [0.05, 0.1) is 6.61 Å². The SMILES string of the molecule is C=CCN(CC(=O)OCC)C(=O)C(NC(N)=O)C(C)CC. The number of ether oxygens (including phenoxy) is 1. The third kappa shape index (κ3) is 6.78. The Labute approximate surface area is 125 Å². The standard InChI is InChI=1S/C14H25N3O4/c1-5-8-17(9-11(18)21-7-3)13(19)12(10(4)6-2)16-14(15)20/h5,10,12H,1,6-9H2,2-4H3,(H3,15,16,20). The number of rotatable bonds is 9. The highest BCUT2D eigenvalue weighted by Gasteiger charge is 2.30. The van der Waals surface area contributed by atoms with Gasteiger partial charge in [-0.05, 0) is 12.8 Å². The molecule has 7 heteroatoms. The van der Waals surface area contributed by atoms with Crippen LogP contribution in [0.5, 0.6) is 0 Å². The van der Waals surface area contributed by atoms with E-state index in [1.54, 1.807) is 6.92 Å². The zero-order chi connectivity index (χ0) is 16.4. The monoisotopic (exact) mass is 299 g/mol. The van der Waals surface area contributed by atoms with Gasteiger partial charge in [0.25, 0.3) is 0 Å². The van der Waals surface area contributed by atoms with Crippen LogP contribution in [-0.4, -0.2) is 48.5 Å². The first-order chi connectivity index (χ1) is 9.87. The number of nitrogens with one attached hydrogen (secondary N) is 1. The van der Waals surface area contributed by atoms with Crippen molar-refractivity contribution < 1.29 is 19.1 Å². The topological polar surface area (TPSA) is 102 Å². The lowest BCUT2D eigenvalue weighted by molar-refractivity contribution is -0.149. The minimum absolute atomic E-state index is 0.112. The molecule has 0 saturated carbocycles. The second-order valence-corrected chi connectivity index (χ2v) is 4.68. The first-order valence-corrected chi connectivity index (χ1v) is 6.98. The number of hydrogen-bond acceptors (Lipinski definition) is 4. The Morgan fingerprint density at radius 3 is 2.43 bits per heavy atom. The average molecular weight is 299 g/mol. The van der Waals surface area contributed by atoms with E-state index in [9.17, 15) is 14.4 Å². The summed E-state index contributed by atoms with van der Waals surface area (Å²) in [5.74, 6) is -0.995. The first kappa shape index (κ1) is 18.9. The lowest BCUT2D eigenvalue weighted by atomic mass is 9.98. The van der Waals surface area contributed by atoms with Gasteiger partial charge in [-0.25, -0.2) is 4.79 Å². The highest BCUT2D eigenvalue weighted by atomic mass is 16.5. The molecule has 0 rings (SSSR count). The number of hydrogen-bond donors (Lipinski definition) is 2. The molecule has 0 aliphatic carbocycles. The molecule has 2 atom stereocenters. The Bertz CT molecular complexity index is 384. The Balaban J connectivity index is 5.05. The van der Waals surface area contributed by atoms with Gasteiger partial charge in [-0.15, -0.1) is 6.58 Å². The largest absolute Gasteiger partial charge is 0.465 e. The number of carbonyl (C=O) groups excluding carboxylic acids is 3. The second kappa shape index (κ2) is 9.79. The van der Waals surface area contributed by atoms with Crippen LogP contribution in [0.2, 0.25) is 0 Å². The Hall–Kier alpha value is -2.05. The van der Waals surface area contributed by atoms with Crippen molar-refractivity contribution in [2.75, 3.05) is 19.7 Å². The van der Waals surface area contributed by atoms with Gasteiger partial charge in [-0.2, -0.15) is 0 Å². The van der Waals surface area contributed by atoms with Crippen molar-refractivity contribution in [2.24, 2.45) is 11.7 Å². The summed E-state index contributed by atoms with van der Waals surface area (Å²) in [6.07, 6.45) is 2.19. The van der Waals surface area contributed by atoms with Crippen molar-refractivity contribution in [2.45, 2.75) is 33.2 Å². The molecule has 0 aromatic rings. The highest BCUT2D eigenvalue weighted by Crippen LogP contribution is 2.11. The predicted molar refractivity (Wildman–Crippen MR) is 79.4 cm³/mol. The maximum atomic E-state index is 12.5. The summed E-state index contributed by atoms with van der Waals surface area (Å²) < 4.78 is 4.84. The van der Waals surface area contributed by atoms with Gasteiger partial charge in [-0.1, -0.05) is 26.3 Å². The van der Waals surface area contributed by atoms with Crippen LogP contribution in [0, 0.1) is 5.92 Å². The van der Waals surface area contributed by atoms with Gasteiger partial charge in [-0.3, -0.25) is 9.59 Å². The van der Waals surface area contributed by atoms with Gasteiger partial charge >= 0.3 is 12.0 Å². The number of urea groups is 1. The fourth-order valence-corrected chi connectivity index (χ4v) is 1.78. The molecule has 0 bridgehead atoms. The molecule has 0 aromatic heterocycles. The van der Waals surface area contributed by atoms with E-state index in [-0.39, 0.29) is 31.5 Å². The molecule has 0 aromatic carbocycles. The van der Waals surface area contributed by atoms with E-state index in [0.29, 0.717) is 6.42 Å². The summed E-state index contributed by atoms with van der Waals surface area (Å²) in [7, 11) is 0. The predicted octanol–water partition coefficient (Wildman–Crippen LogP) is 0.647. The molecule has 21 heavy (non-hydrogen) atoms. The molecular weight excluding hydrogens is 274 g/mol. The summed E-state index contributed by atoms with van der Waals surface area (Å²) in [6, 6.07) is -1.55. The van der Waals surface area contributed by atoms with E-state index in [4.69, 9.17) is 10.5 Å². The number of esters is 1. The van der Waals surface area contributed by atoms with Crippen LogP contribution < -0.4 is 11.1 Å². The molecule has 3 amide bonds. The molecule has 0 fully saturated rings. The van der Waals surface area contributed by atoms with E-state index in [2.05, 4.69) is 11.9 Å². The molecule has 0 aliphatic rings. The van der Waals surface area contributed by atoms with Gasteiger partial charge in [0.2, 0.25) is 5.91 Å². The zero-order valence-corrected chi connectivity index (χ0v) is 12.9. The molecule has 0 heterocycles. The Morgan fingerprint density at radius 2 is 2.00 bits per heavy atom. The first-order valence-electron chi connectivity index (χ1n) is 6.98. The molecular formula is C14H25N3O4. The van der Waals surface area contributed by atoms with Crippen LogP contribution in [0.15, 0.2) is 12.7 Å². The minimum Gasteiger partial charge on any atom is -0.465 e. The van der Waals surface area contributed by atoms with E-state index in [1.165, 1.54) is 11.0 Å². The fourth-order valence-electron chi connectivity index (χ4n) is 1.78. The minimum atomic E-state index is -0.776. The van der Waals surface area contributed by atoms with Crippen molar-refractivity contribution >= 4 is 17.9 Å². The zero-order valence-electron chi connectivity index (χ0n) is 12.9. The van der Waals surface area contributed by atoms with Crippen LogP contribution in [0.1, 0.15) is 27.2 Å². The summed E-state index contributed by atoms with van der Waals surface area (Å²) in [5.41, 5.74) is 5.11. The number of nitrogens with two attached hydrogens (primary N) is 1. The van der Waals surface area contributed by atoms with Crippen molar-refractivity contribution in [3.05, 3.63) is 12.7 Å². The van der Waals surface area contributed by atoms with E-state index >= 15 is 0 Å². The normalized spacial score (nSPS) is 12.9. The molecule has 0 aliphatic heterocycles. The van der Waals surface area contributed by atoms with Crippen LogP contribution in [0.3, 0.4) is 0 Å². The van der Waals surface area contributed by atoms with Gasteiger partial charge < -0.3 is 20.7 Å². The molecule has 2 unspecified atom stereocenters. The summed E-state index contributed by atoms with van der Waals surface area (Å²) in [6.45, 7) is 9.22. The molecule has 0 radical (unpaired) electrons.